The summed E-state index contributed by atoms with van der Waals surface area (Å²) in [5.74, 6) is -0.635. The number of hydrogen-bond acceptors (Lipinski definition) is 5. The molecule has 6 nitrogen and oxygen atoms in total. The normalized spacial score (nSPS) is 10.5. The molecular weight excluding hydrogens is 302 g/mol. The molecule has 1 N–H and O–H groups in total. The first-order valence-electron chi connectivity index (χ1n) is 6.98. The summed E-state index contributed by atoms with van der Waals surface area (Å²) in [6, 6.07) is 0. The molecule has 2 rings (SSSR count). The van der Waals surface area contributed by atoms with E-state index < -0.39 is 5.97 Å². The number of amides is 1. The molecule has 7 heteroatoms. The number of aromatic nitrogens is 2. The van der Waals surface area contributed by atoms with Crippen LogP contribution in [0.15, 0.2) is 12.4 Å². The van der Waals surface area contributed by atoms with E-state index in [1.54, 1.807) is 24.0 Å². The Morgan fingerprint density at radius 2 is 2.09 bits per heavy atom. The predicted molar refractivity (Wildman–Crippen MR) is 85.3 cm³/mol. The van der Waals surface area contributed by atoms with Crippen LogP contribution in [0.5, 0.6) is 0 Å². The molecule has 2 aromatic heterocycles. The summed E-state index contributed by atoms with van der Waals surface area (Å²) < 4.78 is 6.62. The zero-order chi connectivity index (χ0) is 16.3. The lowest BCUT2D eigenvalue weighted by atomic mass is 10.1. The maximum atomic E-state index is 12.1. The van der Waals surface area contributed by atoms with Gasteiger partial charge in [0.2, 0.25) is 5.91 Å². The van der Waals surface area contributed by atoms with Crippen LogP contribution in [0.3, 0.4) is 0 Å². The summed E-state index contributed by atoms with van der Waals surface area (Å²) in [5.41, 5.74) is 2.27. The number of ether oxygens (including phenoxy) is 1. The van der Waals surface area contributed by atoms with Gasteiger partial charge in [-0.2, -0.15) is 5.10 Å². The van der Waals surface area contributed by atoms with Gasteiger partial charge in [0.15, 0.2) is 0 Å². The lowest BCUT2D eigenvalue weighted by molar-refractivity contribution is -0.116. The van der Waals surface area contributed by atoms with Crippen LogP contribution in [-0.2, 0) is 16.1 Å². The van der Waals surface area contributed by atoms with Crippen molar-refractivity contribution in [3.05, 3.63) is 34.0 Å². The molecule has 118 valence electrons. The molecule has 0 bridgehead atoms. The zero-order valence-corrected chi connectivity index (χ0v) is 13.9. The topological polar surface area (TPSA) is 73.2 Å². The van der Waals surface area contributed by atoms with E-state index in [1.165, 1.54) is 11.3 Å². The number of aryl methyl sites for hydroxylation is 2. The molecule has 0 atom stereocenters. The fourth-order valence-corrected chi connectivity index (χ4v) is 3.10. The Kier molecular flexibility index (Phi) is 4.97. The van der Waals surface area contributed by atoms with Crippen molar-refractivity contribution in [2.75, 3.05) is 11.9 Å². The van der Waals surface area contributed by atoms with Crippen LogP contribution >= 0.6 is 11.3 Å². The van der Waals surface area contributed by atoms with Gasteiger partial charge in [-0.1, -0.05) is 0 Å². The minimum absolute atomic E-state index is 0.103. The molecule has 0 saturated heterocycles. The molecule has 0 aliphatic heterocycles. The van der Waals surface area contributed by atoms with Crippen LogP contribution < -0.4 is 5.32 Å². The molecule has 0 aliphatic rings. The first-order valence-corrected chi connectivity index (χ1v) is 7.80. The second-order valence-corrected chi connectivity index (χ2v) is 6.20. The molecule has 0 aromatic carbocycles. The van der Waals surface area contributed by atoms with E-state index >= 15 is 0 Å². The van der Waals surface area contributed by atoms with Crippen LogP contribution in [0, 0.1) is 20.8 Å². The van der Waals surface area contributed by atoms with Gasteiger partial charge in [0.25, 0.3) is 0 Å². The summed E-state index contributed by atoms with van der Waals surface area (Å²) in [6.07, 6.45) is 3.48. The molecule has 1 amide bonds. The van der Waals surface area contributed by atoms with Crippen molar-refractivity contribution in [2.24, 2.45) is 0 Å². The number of nitrogens with zero attached hydrogens (tertiary/aromatic N) is 2. The van der Waals surface area contributed by atoms with Crippen LogP contribution in [0.2, 0.25) is 0 Å². The Morgan fingerprint density at radius 3 is 2.68 bits per heavy atom. The molecule has 0 fully saturated rings. The minimum Gasteiger partial charge on any atom is -0.462 e. The summed E-state index contributed by atoms with van der Waals surface area (Å²) in [5, 5.41) is 7.39. The second-order valence-electron chi connectivity index (χ2n) is 4.97. The molecule has 0 aliphatic carbocycles. The monoisotopic (exact) mass is 321 g/mol. The van der Waals surface area contributed by atoms with Crippen LogP contribution in [-0.4, -0.2) is 28.3 Å². The minimum atomic E-state index is -0.408. The third-order valence-electron chi connectivity index (χ3n) is 3.19. The van der Waals surface area contributed by atoms with Crippen molar-refractivity contribution in [3.8, 4) is 0 Å². The van der Waals surface area contributed by atoms with Gasteiger partial charge in [-0.15, -0.1) is 11.3 Å². The molecule has 0 unspecified atom stereocenters. The molecule has 2 aromatic rings. The van der Waals surface area contributed by atoms with E-state index in [-0.39, 0.29) is 12.5 Å². The van der Waals surface area contributed by atoms with Crippen molar-refractivity contribution >= 4 is 28.2 Å². The van der Waals surface area contributed by atoms with E-state index in [4.69, 9.17) is 4.74 Å². The predicted octanol–water partition coefficient (Wildman–Crippen LogP) is 2.69. The number of esters is 1. The highest BCUT2D eigenvalue weighted by atomic mass is 32.1. The van der Waals surface area contributed by atoms with Crippen molar-refractivity contribution in [1.29, 1.82) is 0 Å². The fraction of sp³-hybridized carbons (Fsp3) is 0.400. The summed E-state index contributed by atoms with van der Waals surface area (Å²) >= 11 is 1.38. The number of anilines is 1. The quantitative estimate of drug-likeness (QED) is 0.859. The van der Waals surface area contributed by atoms with Crippen LogP contribution in [0.1, 0.15) is 33.3 Å². The molecule has 0 spiro atoms. The Morgan fingerprint density at radius 1 is 1.36 bits per heavy atom. The lowest BCUT2D eigenvalue weighted by Crippen LogP contribution is -2.20. The molecule has 0 saturated carbocycles. The van der Waals surface area contributed by atoms with Crippen molar-refractivity contribution < 1.29 is 14.3 Å². The fourth-order valence-electron chi connectivity index (χ4n) is 2.03. The lowest BCUT2D eigenvalue weighted by Gasteiger charge is -2.07. The number of hydrogen-bond donors (Lipinski definition) is 1. The highest BCUT2D eigenvalue weighted by Crippen LogP contribution is 2.33. The average Bonchev–Trinajstić information content (AvgIpc) is 2.94. The van der Waals surface area contributed by atoms with E-state index in [2.05, 4.69) is 10.4 Å². The van der Waals surface area contributed by atoms with E-state index in [1.807, 2.05) is 20.8 Å². The zero-order valence-electron chi connectivity index (χ0n) is 13.1. The molecular formula is C15H19N3O3S. The molecule has 22 heavy (non-hydrogen) atoms. The Balaban J connectivity index is 2.16. The second kappa shape index (κ2) is 6.74. The van der Waals surface area contributed by atoms with Crippen molar-refractivity contribution in [1.82, 2.24) is 9.78 Å². The van der Waals surface area contributed by atoms with Gasteiger partial charge in [-0.05, 0) is 38.8 Å². The number of rotatable bonds is 5. The van der Waals surface area contributed by atoms with Gasteiger partial charge < -0.3 is 10.1 Å². The maximum absolute atomic E-state index is 12.1. The average molecular weight is 321 g/mol. The van der Waals surface area contributed by atoms with Gasteiger partial charge in [0, 0.05) is 11.1 Å². The van der Waals surface area contributed by atoms with Gasteiger partial charge in [-0.3, -0.25) is 9.48 Å². The Hall–Kier alpha value is -2.15. The standard InChI is InChI=1S/C15H19N3O3S/c1-5-21-15(20)13-10(3)11(4)22-14(13)17-12(19)8-18-7-9(2)6-16-18/h6-7H,5,8H2,1-4H3,(H,17,19). The van der Waals surface area contributed by atoms with E-state index in [9.17, 15) is 9.59 Å². The number of nitrogens with one attached hydrogen (secondary N) is 1. The smallest absolute Gasteiger partial charge is 0.341 e. The number of thiophene rings is 1. The van der Waals surface area contributed by atoms with E-state index in [0.717, 1.165) is 16.0 Å². The van der Waals surface area contributed by atoms with Crippen LogP contribution in [0.25, 0.3) is 0 Å². The van der Waals surface area contributed by atoms with E-state index in [0.29, 0.717) is 17.2 Å². The summed E-state index contributed by atoms with van der Waals surface area (Å²) in [4.78, 5) is 25.2. The largest absolute Gasteiger partial charge is 0.462 e. The summed E-state index contributed by atoms with van der Waals surface area (Å²) in [7, 11) is 0. The first-order chi connectivity index (χ1) is 10.4. The van der Waals surface area contributed by atoms with Gasteiger partial charge >= 0.3 is 5.97 Å². The highest BCUT2D eigenvalue weighted by molar-refractivity contribution is 7.16. The van der Waals surface area contributed by atoms with Gasteiger partial charge in [-0.25, -0.2) is 4.79 Å². The highest BCUT2D eigenvalue weighted by Gasteiger charge is 2.22. The number of carbonyl (C=O) groups excluding carboxylic acids is 2. The molecule has 2 heterocycles. The maximum Gasteiger partial charge on any atom is 0.341 e. The SMILES string of the molecule is CCOC(=O)c1c(NC(=O)Cn2cc(C)cn2)sc(C)c1C. The number of carbonyl (C=O) groups is 2. The summed E-state index contributed by atoms with van der Waals surface area (Å²) in [6.45, 7) is 7.83. The Bertz CT molecular complexity index is 703. The van der Waals surface area contributed by atoms with Gasteiger partial charge in [0.05, 0.1) is 18.4 Å². The third-order valence-corrected chi connectivity index (χ3v) is 4.31. The van der Waals surface area contributed by atoms with Crippen molar-refractivity contribution in [3.63, 3.8) is 0 Å². The first kappa shape index (κ1) is 16.2. The van der Waals surface area contributed by atoms with Crippen LogP contribution in [0.4, 0.5) is 5.00 Å². The molecule has 0 radical (unpaired) electrons. The van der Waals surface area contributed by atoms with Crippen molar-refractivity contribution in [2.45, 2.75) is 34.2 Å². The third kappa shape index (κ3) is 3.54. The van der Waals surface area contributed by atoms with Gasteiger partial charge in [0.1, 0.15) is 11.5 Å². The Labute approximate surface area is 133 Å².